The molecule has 0 amide bonds. The average Bonchev–Trinajstić information content (AvgIpc) is 2.59. The van der Waals surface area contributed by atoms with Crippen LogP contribution in [-0.2, 0) is 0 Å². The summed E-state index contributed by atoms with van der Waals surface area (Å²) in [6, 6.07) is 17.6. The third-order valence-corrected chi connectivity index (χ3v) is 3.25. The Morgan fingerprint density at radius 3 is 2.73 bits per heavy atom. The summed E-state index contributed by atoms with van der Waals surface area (Å²) in [6.45, 7) is 1.34. The van der Waals surface area contributed by atoms with E-state index >= 15 is 0 Å². The number of nitrogens with one attached hydrogen (secondary N) is 2. The van der Waals surface area contributed by atoms with Crippen LogP contribution in [0.4, 0.5) is 11.6 Å². The van der Waals surface area contributed by atoms with E-state index in [0.717, 1.165) is 16.7 Å². The summed E-state index contributed by atoms with van der Waals surface area (Å²) < 4.78 is 0. The van der Waals surface area contributed by atoms with E-state index in [1.165, 1.54) is 0 Å². The minimum absolute atomic E-state index is 0.548. The molecule has 5 heteroatoms. The van der Waals surface area contributed by atoms with Crippen LogP contribution in [0.15, 0.2) is 54.7 Å². The molecule has 0 spiro atoms. The van der Waals surface area contributed by atoms with E-state index in [1.807, 2.05) is 36.4 Å². The van der Waals surface area contributed by atoms with Crippen molar-refractivity contribution in [1.82, 2.24) is 9.97 Å². The van der Waals surface area contributed by atoms with Gasteiger partial charge < -0.3 is 10.6 Å². The first-order valence-corrected chi connectivity index (χ1v) is 7.05. The fourth-order valence-corrected chi connectivity index (χ4v) is 2.17. The number of para-hydroxylation sites is 1. The Bertz CT molecular complexity index is 822. The second kappa shape index (κ2) is 6.55. The molecule has 0 bridgehead atoms. The van der Waals surface area contributed by atoms with Crippen molar-refractivity contribution in [2.24, 2.45) is 0 Å². The first kappa shape index (κ1) is 13.8. The molecule has 0 saturated carbocycles. The SMILES string of the molecule is N#Cc1cccnc1NCCNc1ccc2ccccc2n1. The minimum atomic E-state index is 0.548. The van der Waals surface area contributed by atoms with Gasteiger partial charge >= 0.3 is 0 Å². The number of hydrogen-bond donors (Lipinski definition) is 2. The maximum atomic E-state index is 9.00. The number of nitrogens with zero attached hydrogens (tertiary/aromatic N) is 3. The quantitative estimate of drug-likeness (QED) is 0.706. The second-order valence-corrected chi connectivity index (χ2v) is 4.75. The number of pyridine rings is 2. The zero-order chi connectivity index (χ0) is 15.2. The molecular formula is C17H15N5. The highest BCUT2D eigenvalue weighted by atomic mass is 15.0. The largest absolute Gasteiger partial charge is 0.368 e. The Kier molecular flexibility index (Phi) is 4.12. The molecular weight excluding hydrogens is 274 g/mol. The van der Waals surface area contributed by atoms with Gasteiger partial charge in [-0.25, -0.2) is 9.97 Å². The number of fused-ring (bicyclic) bond motifs is 1. The van der Waals surface area contributed by atoms with Crippen LogP contribution in [-0.4, -0.2) is 23.1 Å². The van der Waals surface area contributed by atoms with Crippen molar-refractivity contribution in [1.29, 1.82) is 5.26 Å². The molecule has 0 atom stereocenters. The lowest BCUT2D eigenvalue weighted by Gasteiger charge is -2.09. The van der Waals surface area contributed by atoms with E-state index in [9.17, 15) is 0 Å². The van der Waals surface area contributed by atoms with Crippen molar-refractivity contribution in [2.75, 3.05) is 23.7 Å². The van der Waals surface area contributed by atoms with Crippen LogP contribution < -0.4 is 10.6 Å². The van der Waals surface area contributed by atoms with Crippen LogP contribution in [0.1, 0.15) is 5.56 Å². The highest BCUT2D eigenvalue weighted by molar-refractivity contribution is 5.80. The van der Waals surface area contributed by atoms with Gasteiger partial charge in [-0.1, -0.05) is 18.2 Å². The van der Waals surface area contributed by atoms with E-state index in [4.69, 9.17) is 5.26 Å². The number of aromatic nitrogens is 2. The number of rotatable bonds is 5. The van der Waals surface area contributed by atoms with Crippen LogP contribution in [0, 0.1) is 11.3 Å². The third-order valence-electron chi connectivity index (χ3n) is 3.25. The fourth-order valence-electron chi connectivity index (χ4n) is 2.17. The Morgan fingerprint density at radius 2 is 1.82 bits per heavy atom. The van der Waals surface area contributed by atoms with Crippen molar-refractivity contribution >= 4 is 22.5 Å². The average molecular weight is 289 g/mol. The molecule has 2 heterocycles. The first-order chi connectivity index (χ1) is 10.9. The van der Waals surface area contributed by atoms with E-state index in [0.29, 0.717) is 24.5 Å². The summed E-state index contributed by atoms with van der Waals surface area (Å²) in [6.07, 6.45) is 1.67. The van der Waals surface area contributed by atoms with Crippen LogP contribution in [0.2, 0.25) is 0 Å². The summed E-state index contributed by atoms with van der Waals surface area (Å²) in [5.41, 5.74) is 1.52. The molecule has 1 aromatic carbocycles. The van der Waals surface area contributed by atoms with E-state index in [2.05, 4.69) is 26.7 Å². The Morgan fingerprint density at radius 1 is 0.955 bits per heavy atom. The highest BCUT2D eigenvalue weighted by Crippen LogP contribution is 2.14. The molecule has 2 aromatic heterocycles. The standard InChI is InChI=1S/C17H15N5/c18-12-14-5-3-9-20-17(14)21-11-10-19-16-8-7-13-4-1-2-6-15(13)22-16/h1-9H,10-11H2,(H,19,22)(H,20,21). The van der Waals surface area contributed by atoms with Gasteiger partial charge in [0.05, 0.1) is 11.1 Å². The highest BCUT2D eigenvalue weighted by Gasteiger charge is 2.01. The van der Waals surface area contributed by atoms with Crippen LogP contribution in [0.5, 0.6) is 0 Å². The van der Waals surface area contributed by atoms with Crippen LogP contribution in [0.3, 0.4) is 0 Å². The fraction of sp³-hybridized carbons (Fsp3) is 0.118. The van der Waals surface area contributed by atoms with Gasteiger partial charge in [0.2, 0.25) is 0 Å². The zero-order valence-electron chi connectivity index (χ0n) is 12.0. The van der Waals surface area contributed by atoms with Gasteiger partial charge in [0.15, 0.2) is 0 Å². The van der Waals surface area contributed by atoms with Gasteiger partial charge in [-0.3, -0.25) is 0 Å². The van der Waals surface area contributed by atoms with E-state index in [1.54, 1.807) is 18.3 Å². The third kappa shape index (κ3) is 3.13. The normalized spacial score (nSPS) is 10.1. The predicted molar refractivity (Wildman–Crippen MR) is 87.7 cm³/mol. The molecule has 2 N–H and O–H groups in total. The molecule has 0 aliphatic heterocycles. The van der Waals surface area contributed by atoms with Crippen molar-refractivity contribution in [3.05, 3.63) is 60.3 Å². The van der Waals surface area contributed by atoms with Crippen LogP contribution >= 0.6 is 0 Å². The van der Waals surface area contributed by atoms with E-state index < -0.39 is 0 Å². The van der Waals surface area contributed by atoms with Gasteiger partial charge in [0.1, 0.15) is 17.7 Å². The monoisotopic (exact) mass is 289 g/mol. The molecule has 0 radical (unpaired) electrons. The topological polar surface area (TPSA) is 73.6 Å². The summed E-state index contributed by atoms with van der Waals surface area (Å²) in [5.74, 6) is 1.44. The lowest BCUT2D eigenvalue weighted by molar-refractivity contribution is 1.05. The van der Waals surface area contributed by atoms with Crippen molar-refractivity contribution in [3.63, 3.8) is 0 Å². The van der Waals surface area contributed by atoms with Crippen molar-refractivity contribution in [3.8, 4) is 6.07 Å². The lowest BCUT2D eigenvalue weighted by atomic mass is 10.2. The van der Waals surface area contributed by atoms with Gasteiger partial charge in [-0.15, -0.1) is 0 Å². The Labute approximate surface area is 128 Å². The number of hydrogen-bond acceptors (Lipinski definition) is 5. The number of nitriles is 1. The summed E-state index contributed by atoms with van der Waals surface area (Å²) in [4.78, 5) is 8.70. The molecule has 3 rings (SSSR count). The van der Waals surface area contributed by atoms with Gasteiger partial charge in [-0.05, 0) is 30.3 Å². The molecule has 0 saturated heterocycles. The molecule has 0 aliphatic rings. The van der Waals surface area contributed by atoms with Gasteiger partial charge in [-0.2, -0.15) is 5.26 Å². The molecule has 0 aliphatic carbocycles. The second-order valence-electron chi connectivity index (χ2n) is 4.75. The maximum absolute atomic E-state index is 9.00. The molecule has 0 fully saturated rings. The molecule has 22 heavy (non-hydrogen) atoms. The summed E-state index contributed by atoms with van der Waals surface area (Å²) >= 11 is 0. The van der Waals surface area contributed by atoms with Gasteiger partial charge in [0, 0.05) is 24.7 Å². The van der Waals surface area contributed by atoms with Crippen molar-refractivity contribution < 1.29 is 0 Å². The lowest BCUT2D eigenvalue weighted by Crippen LogP contribution is -2.15. The summed E-state index contributed by atoms with van der Waals surface area (Å²) in [7, 11) is 0. The van der Waals surface area contributed by atoms with E-state index in [-0.39, 0.29) is 0 Å². The molecule has 3 aromatic rings. The van der Waals surface area contributed by atoms with Crippen molar-refractivity contribution in [2.45, 2.75) is 0 Å². The Balaban J connectivity index is 1.57. The number of anilines is 2. The molecule has 0 unspecified atom stereocenters. The first-order valence-electron chi connectivity index (χ1n) is 7.05. The molecule has 5 nitrogen and oxygen atoms in total. The van der Waals surface area contributed by atoms with Crippen LogP contribution in [0.25, 0.3) is 10.9 Å². The van der Waals surface area contributed by atoms with Gasteiger partial charge in [0.25, 0.3) is 0 Å². The number of benzene rings is 1. The molecule has 108 valence electrons. The minimum Gasteiger partial charge on any atom is -0.368 e. The smallest absolute Gasteiger partial charge is 0.143 e. The zero-order valence-corrected chi connectivity index (χ0v) is 12.0. The predicted octanol–water partition coefficient (Wildman–Crippen LogP) is 3.03. The maximum Gasteiger partial charge on any atom is 0.143 e. The summed E-state index contributed by atoms with van der Waals surface area (Å²) in [5, 5.41) is 16.5. The Hall–Kier alpha value is -3.13.